The summed E-state index contributed by atoms with van der Waals surface area (Å²) in [5.41, 5.74) is -0.590. The Balaban J connectivity index is 2.25. The summed E-state index contributed by atoms with van der Waals surface area (Å²) in [5.74, 6) is -0.196. The average Bonchev–Trinajstić information content (AvgIpc) is 2.44. The first-order chi connectivity index (χ1) is 9.51. The molecule has 0 bridgehead atoms. The van der Waals surface area contributed by atoms with E-state index in [0.717, 1.165) is 9.46 Å². The Morgan fingerprint density at radius 3 is 2.55 bits per heavy atom. The van der Waals surface area contributed by atoms with Gasteiger partial charge >= 0.3 is 5.69 Å². The topological polar surface area (TPSA) is 71.9 Å². The number of nitrogens with zero attached hydrogens (tertiary/aromatic N) is 1. The summed E-state index contributed by atoms with van der Waals surface area (Å²) in [5, 5.41) is 0. The monoisotopic (exact) mass is 354 g/mol. The first kappa shape index (κ1) is 14.8. The predicted molar refractivity (Wildman–Crippen MR) is 81.6 cm³/mol. The van der Waals surface area contributed by atoms with E-state index in [9.17, 15) is 14.4 Å². The van der Waals surface area contributed by atoms with Crippen molar-refractivity contribution >= 4 is 33.5 Å². The van der Waals surface area contributed by atoms with Gasteiger partial charge in [-0.15, -0.1) is 11.8 Å². The van der Waals surface area contributed by atoms with Crippen molar-refractivity contribution in [1.82, 2.24) is 9.55 Å². The maximum atomic E-state index is 12.1. The molecule has 5 nitrogen and oxygen atoms in total. The highest BCUT2D eigenvalue weighted by Gasteiger charge is 2.09. The summed E-state index contributed by atoms with van der Waals surface area (Å²) in [6, 6.07) is 7.15. The van der Waals surface area contributed by atoms with Gasteiger partial charge in [0.15, 0.2) is 5.78 Å². The van der Waals surface area contributed by atoms with Gasteiger partial charge < -0.3 is 0 Å². The fraction of sp³-hybridized carbons (Fsp3) is 0.154. The van der Waals surface area contributed by atoms with Crippen LogP contribution in [0.25, 0.3) is 0 Å². The van der Waals surface area contributed by atoms with E-state index in [2.05, 4.69) is 20.9 Å². The summed E-state index contributed by atoms with van der Waals surface area (Å²) >= 11 is 4.61. The molecule has 0 saturated heterocycles. The standard InChI is InChI=1S/C13H11BrN2O3S/c1-20-9-4-2-8(3-5-9)11(17)7-16-6-10(14)12(18)15-13(16)19/h2-6H,7H2,1H3,(H,15,18,19). The van der Waals surface area contributed by atoms with Gasteiger partial charge in [0.1, 0.15) is 0 Å². The van der Waals surface area contributed by atoms with E-state index >= 15 is 0 Å². The highest BCUT2D eigenvalue weighted by molar-refractivity contribution is 9.10. The SMILES string of the molecule is CSc1ccc(C(=O)Cn2cc(Br)c(=O)[nH]c2=O)cc1. The zero-order valence-electron chi connectivity index (χ0n) is 10.6. The molecule has 20 heavy (non-hydrogen) atoms. The zero-order chi connectivity index (χ0) is 14.7. The molecule has 7 heteroatoms. The summed E-state index contributed by atoms with van der Waals surface area (Å²) < 4.78 is 1.37. The molecule has 0 saturated carbocycles. The van der Waals surface area contributed by atoms with E-state index in [1.807, 2.05) is 18.4 Å². The van der Waals surface area contributed by atoms with Crippen molar-refractivity contribution in [3.05, 3.63) is 61.3 Å². The van der Waals surface area contributed by atoms with E-state index in [-0.39, 0.29) is 16.8 Å². The number of carbonyl (C=O) groups is 1. The third kappa shape index (κ3) is 3.29. The molecule has 0 fully saturated rings. The second-order valence-corrected chi connectivity index (χ2v) is 5.75. The molecule has 1 aromatic heterocycles. The third-order valence-corrected chi connectivity index (χ3v) is 4.00. The van der Waals surface area contributed by atoms with Crippen LogP contribution in [0.15, 0.2) is 49.4 Å². The Hall–Kier alpha value is -1.60. The number of carbonyl (C=O) groups excluding carboxylic acids is 1. The molecule has 0 aliphatic heterocycles. The van der Waals surface area contributed by atoms with Crippen LogP contribution in [0.1, 0.15) is 10.4 Å². The highest BCUT2D eigenvalue weighted by atomic mass is 79.9. The smallest absolute Gasteiger partial charge is 0.292 e. The molecule has 2 rings (SSSR count). The number of benzene rings is 1. The number of aromatic nitrogens is 2. The number of hydrogen-bond acceptors (Lipinski definition) is 4. The van der Waals surface area contributed by atoms with E-state index in [1.54, 1.807) is 23.9 Å². The summed E-state index contributed by atoms with van der Waals surface area (Å²) in [6.07, 6.45) is 3.27. The number of nitrogens with one attached hydrogen (secondary N) is 1. The molecule has 1 heterocycles. The summed E-state index contributed by atoms with van der Waals surface area (Å²) in [6.45, 7) is -0.118. The Morgan fingerprint density at radius 1 is 1.30 bits per heavy atom. The number of ketones is 1. The van der Waals surface area contributed by atoms with Crippen LogP contribution in [0.4, 0.5) is 0 Å². The number of H-pyrrole nitrogens is 1. The molecule has 0 spiro atoms. The Labute approximate surface area is 127 Å². The molecule has 0 aliphatic rings. The average molecular weight is 355 g/mol. The van der Waals surface area contributed by atoms with Gasteiger partial charge in [-0.3, -0.25) is 19.1 Å². The van der Waals surface area contributed by atoms with Crippen LogP contribution in [0.2, 0.25) is 0 Å². The maximum absolute atomic E-state index is 12.1. The Kier molecular flexibility index (Phi) is 4.61. The second kappa shape index (κ2) is 6.23. The Morgan fingerprint density at radius 2 is 1.95 bits per heavy atom. The zero-order valence-corrected chi connectivity index (χ0v) is 13.0. The number of halogens is 1. The molecule has 1 N–H and O–H groups in total. The van der Waals surface area contributed by atoms with Crippen LogP contribution in [-0.2, 0) is 6.54 Å². The van der Waals surface area contributed by atoms with Gasteiger partial charge in [0.2, 0.25) is 0 Å². The molecular weight excluding hydrogens is 344 g/mol. The molecule has 0 unspecified atom stereocenters. The van der Waals surface area contributed by atoms with Gasteiger partial charge in [-0.25, -0.2) is 4.79 Å². The van der Waals surface area contributed by atoms with Gasteiger partial charge in [-0.1, -0.05) is 12.1 Å². The van der Waals surface area contributed by atoms with Crippen LogP contribution in [0.5, 0.6) is 0 Å². The largest absolute Gasteiger partial charge is 0.328 e. The van der Waals surface area contributed by atoms with E-state index in [1.165, 1.54) is 6.20 Å². The van der Waals surface area contributed by atoms with Crippen LogP contribution in [-0.4, -0.2) is 21.6 Å². The van der Waals surface area contributed by atoms with Crippen LogP contribution in [0, 0.1) is 0 Å². The number of aromatic amines is 1. The van der Waals surface area contributed by atoms with Gasteiger partial charge in [0.25, 0.3) is 5.56 Å². The molecule has 1 aromatic carbocycles. The van der Waals surface area contributed by atoms with E-state index in [0.29, 0.717) is 5.56 Å². The van der Waals surface area contributed by atoms with E-state index in [4.69, 9.17) is 0 Å². The predicted octanol–water partition coefficient (Wildman–Crippen LogP) is 1.90. The molecule has 0 atom stereocenters. The van der Waals surface area contributed by atoms with Crippen molar-refractivity contribution in [2.24, 2.45) is 0 Å². The first-order valence-corrected chi connectivity index (χ1v) is 7.69. The lowest BCUT2D eigenvalue weighted by Gasteiger charge is -2.05. The highest BCUT2D eigenvalue weighted by Crippen LogP contribution is 2.15. The molecule has 0 radical (unpaired) electrons. The fourth-order valence-corrected chi connectivity index (χ4v) is 2.38. The lowest BCUT2D eigenvalue weighted by molar-refractivity contribution is 0.0970. The quantitative estimate of drug-likeness (QED) is 0.672. The van der Waals surface area contributed by atoms with Gasteiger partial charge in [0.05, 0.1) is 11.0 Å². The van der Waals surface area contributed by atoms with Crippen molar-refractivity contribution in [3.8, 4) is 0 Å². The van der Waals surface area contributed by atoms with Crippen molar-refractivity contribution < 1.29 is 4.79 Å². The van der Waals surface area contributed by atoms with Crippen molar-refractivity contribution in [1.29, 1.82) is 0 Å². The van der Waals surface area contributed by atoms with Crippen LogP contribution >= 0.6 is 27.7 Å². The summed E-state index contributed by atoms with van der Waals surface area (Å²) in [4.78, 5) is 38.1. The van der Waals surface area contributed by atoms with Gasteiger partial charge in [0, 0.05) is 16.7 Å². The second-order valence-electron chi connectivity index (χ2n) is 4.02. The lowest BCUT2D eigenvalue weighted by Crippen LogP contribution is -2.31. The number of rotatable bonds is 4. The minimum Gasteiger partial charge on any atom is -0.292 e. The van der Waals surface area contributed by atoms with Gasteiger partial charge in [-0.05, 0) is 34.3 Å². The minimum atomic E-state index is -0.604. The number of hydrogen-bond donors (Lipinski definition) is 1. The maximum Gasteiger partial charge on any atom is 0.328 e. The molecule has 0 aliphatic carbocycles. The molecular formula is C13H11BrN2O3S. The van der Waals surface area contributed by atoms with Crippen LogP contribution in [0.3, 0.4) is 0 Å². The summed E-state index contributed by atoms with van der Waals surface area (Å²) in [7, 11) is 0. The lowest BCUT2D eigenvalue weighted by atomic mass is 10.1. The number of Topliss-reactive ketones (excluding diaryl/α,β-unsaturated/α-hetero) is 1. The minimum absolute atomic E-state index is 0.118. The normalized spacial score (nSPS) is 10.5. The van der Waals surface area contributed by atoms with Gasteiger partial charge in [-0.2, -0.15) is 0 Å². The Bertz CT molecular complexity index is 749. The number of thioether (sulfide) groups is 1. The molecule has 0 amide bonds. The van der Waals surface area contributed by atoms with Crippen molar-refractivity contribution in [2.45, 2.75) is 11.4 Å². The fourth-order valence-electron chi connectivity index (χ4n) is 1.62. The third-order valence-electron chi connectivity index (χ3n) is 2.69. The van der Waals surface area contributed by atoms with Crippen molar-refractivity contribution in [3.63, 3.8) is 0 Å². The molecule has 104 valence electrons. The van der Waals surface area contributed by atoms with Crippen LogP contribution < -0.4 is 11.2 Å². The van der Waals surface area contributed by atoms with Crippen molar-refractivity contribution in [2.75, 3.05) is 6.26 Å². The van der Waals surface area contributed by atoms with E-state index < -0.39 is 11.2 Å². The first-order valence-electron chi connectivity index (χ1n) is 5.68. The molecule has 2 aromatic rings.